The van der Waals surface area contributed by atoms with E-state index in [-0.39, 0.29) is 5.91 Å². The number of nitrogens with zero attached hydrogens (tertiary/aromatic N) is 1. The van der Waals surface area contributed by atoms with Gasteiger partial charge in [-0.15, -0.1) is 0 Å². The van der Waals surface area contributed by atoms with Crippen LogP contribution < -0.4 is 5.32 Å². The van der Waals surface area contributed by atoms with Crippen molar-refractivity contribution in [3.63, 3.8) is 0 Å². The fourth-order valence-corrected chi connectivity index (χ4v) is 5.10. The van der Waals surface area contributed by atoms with Gasteiger partial charge in [0.15, 0.2) is 0 Å². The van der Waals surface area contributed by atoms with Crippen molar-refractivity contribution < 1.29 is 4.79 Å². The van der Waals surface area contributed by atoms with Crippen molar-refractivity contribution in [3.05, 3.63) is 101 Å². The molecule has 3 aliphatic rings. The number of hydrogen-bond acceptors (Lipinski definition) is 2. The van der Waals surface area contributed by atoms with Crippen molar-refractivity contribution in [1.82, 2.24) is 10.3 Å². The number of fused-ring (bicyclic) bond motifs is 1. The van der Waals surface area contributed by atoms with Crippen LogP contribution >= 0.6 is 0 Å². The summed E-state index contributed by atoms with van der Waals surface area (Å²) in [5.41, 5.74) is 6.96. The highest BCUT2D eigenvalue weighted by Gasteiger charge is 2.42. The number of carbonyl (C=O) groups is 1. The minimum Gasteiger partial charge on any atom is -0.356 e. The van der Waals surface area contributed by atoms with Crippen molar-refractivity contribution in [3.8, 4) is 0 Å². The van der Waals surface area contributed by atoms with Gasteiger partial charge in [-0.1, -0.05) is 54.6 Å². The quantitative estimate of drug-likeness (QED) is 0.724. The molecule has 1 amide bonds. The maximum Gasteiger partial charge on any atom is 0.220 e. The van der Waals surface area contributed by atoms with E-state index in [0.29, 0.717) is 24.2 Å². The van der Waals surface area contributed by atoms with Crippen molar-refractivity contribution in [1.29, 1.82) is 0 Å². The van der Waals surface area contributed by atoms with Gasteiger partial charge in [0.25, 0.3) is 0 Å². The number of benzene rings is 2. The molecular formula is C25H24N2O. The molecule has 28 heavy (non-hydrogen) atoms. The van der Waals surface area contributed by atoms with Gasteiger partial charge in [-0.25, -0.2) is 0 Å². The normalized spacial score (nSPS) is 21.6. The molecule has 0 radical (unpaired) electrons. The average Bonchev–Trinajstić information content (AvgIpc) is 2.77. The highest BCUT2D eigenvalue weighted by atomic mass is 16.1. The predicted molar refractivity (Wildman–Crippen MR) is 110 cm³/mol. The molecule has 3 heteroatoms. The van der Waals surface area contributed by atoms with Crippen molar-refractivity contribution in [2.45, 2.75) is 31.1 Å². The first-order valence-electron chi connectivity index (χ1n) is 10.1. The van der Waals surface area contributed by atoms with Crippen LogP contribution in [0.2, 0.25) is 0 Å². The van der Waals surface area contributed by atoms with Crippen LogP contribution in [-0.2, 0) is 11.2 Å². The molecule has 0 spiro atoms. The van der Waals surface area contributed by atoms with E-state index in [9.17, 15) is 4.79 Å². The molecule has 3 aromatic rings. The van der Waals surface area contributed by atoms with Gasteiger partial charge < -0.3 is 5.32 Å². The molecule has 0 saturated heterocycles. The van der Waals surface area contributed by atoms with Gasteiger partial charge in [-0.2, -0.15) is 0 Å². The molecule has 1 unspecified atom stereocenters. The summed E-state index contributed by atoms with van der Waals surface area (Å²) < 4.78 is 0. The topological polar surface area (TPSA) is 42.0 Å². The van der Waals surface area contributed by atoms with Crippen LogP contribution in [0.15, 0.2) is 73.1 Å². The molecular weight excluding hydrogens is 344 g/mol. The molecule has 1 atom stereocenters. The second-order valence-corrected chi connectivity index (χ2v) is 7.95. The highest BCUT2D eigenvalue weighted by Crippen LogP contribution is 2.55. The Balaban J connectivity index is 1.30. The lowest BCUT2D eigenvalue weighted by atomic mass is 9.59. The van der Waals surface area contributed by atoms with Gasteiger partial charge >= 0.3 is 0 Å². The third-order valence-corrected chi connectivity index (χ3v) is 6.35. The zero-order valence-corrected chi connectivity index (χ0v) is 15.8. The van der Waals surface area contributed by atoms with Gasteiger partial charge in [0, 0.05) is 37.2 Å². The first-order valence-corrected chi connectivity index (χ1v) is 10.1. The summed E-state index contributed by atoms with van der Waals surface area (Å²) in [6.07, 6.45) is 5.96. The second kappa shape index (κ2) is 7.23. The Bertz CT molecular complexity index is 951. The molecule has 0 saturated carbocycles. The summed E-state index contributed by atoms with van der Waals surface area (Å²) in [4.78, 5) is 16.5. The van der Waals surface area contributed by atoms with E-state index in [4.69, 9.17) is 0 Å². The average molecular weight is 368 g/mol. The molecule has 0 fully saturated rings. The summed E-state index contributed by atoms with van der Waals surface area (Å²) in [5.74, 6) is 1.43. The molecule has 1 heterocycles. The summed E-state index contributed by atoms with van der Waals surface area (Å²) in [7, 11) is 0. The van der Waals surface area contributed by atoms with Gasteiger partial charge in [0.2, 0.25) is 5.91 Å². The highest BCUT2D eigenvalue weighted by molar-refractivity contribution is 5.76. The molecule has 1 N–H and O–H groups in total. The first-order chi connectivity index (χ1) is 13.8. The summed E-state index contributed by atoms with van der Waals surface area (Å²) in [6.45, 7) is 0.746. The monoisotopic (exact) mass is 368 g/mol. The smallest absolute Gasteiger partial charge is 0.220 e. The number of hydrogen-bond donors (Lipinski definition) is 1. The van der Waals surface area contributed by atoms with Crippen LogP contribution in [0.25, 0.3) is 0 Å². The lowest BCUT2D eigenvalue weighted by molar-refractivity contribution is -0.121. The van der Waals surface area contributed by atoms with Gasteiger partial charge in [0.05, 0.1) is 0 Å². The third-order valence-electron chi connectivity index (χ3n) is 6.35. The van der Waals surface area contributed by atoms with E-state index >= 15 is 0 Å². The Kier molecular flexibility index (Phi) is 4.44. The zero-order chi connectivity index (χ0) is 18.9. The van der Waals surface area contributed by atoms with Crippen LogP contribution in [0.4, 0.5) is 0 Å². The third kappa shape index (κ3) is 3.01. The Morgan fingerprint density at radius 1 is 0.929 bits per heavy atom. The zero-order valence-electron chi connectivity index (χ0n) is 15.8. The Hall–Kier alpha value is -2.94. The molecule has 6 rings (SSSR count). The van der Waals surface area contributed by atoms with E-state index in [2.05, 4.69) is 58.8 Å². The number of amides is 1. The van der Waals surface area contributed by atoms with E-state index < -0.39 is 0 Å². The number of nitrogens with one attached hydrogen (secondary N) is 1. The van der Waals surface area contributed by atoms with E-state index in [1.165, 1.54) is 22.3 Å². The number of aryl methyl sites for hydroxylation is 1. The molecule has 2 bridgehead atoms. The minimum atomic E-state index is 0.131. The van der Waals surface area contributed by atoms with Crippen molar-refractivity contribution in [2.75, 3.05) is 6.54 Å². The number of aromatic nitrogens is 1. The maximum absolute atomic E-state index is 12.4. The van der Waals surface area contributed by atoms with Gasteiger partial charge in [0.1, 0.15) is 0 Å². The Morgan fingerprint density at radius 3 is 2.25 bits per heavy atom. The van der Waals surface area contributed by atoms with Gasteiger partial charge in [-0.05, 0) is 52.6 Å². The molecule has 3 nitrogen and oxygen atoms in total. The van der Waals surface area contributed by atoms with Crippen molar-refractivity contribution >= 4 is 5.91 Å². The lowest BCUT2D eigenvalue weighted by Gasteiger charge is -2.45. The number of rotatable bonds is 5. The van der Waals surface area contributed by atoms with Crippen LogP contribution in [-0.4, -0.2) is 17.4 Å². The van der Waals surface area contributed by atoms with E-state index in [0.717, 1.165) is 24.9 Å². The minimum absolute atomic E-state index is 0.131. The fourth-order valence-electron chi connectivity index (χ4n) is 5.10. The summed E-state index contributed by atoms with van der Waals surface area (Å²) in [5, 5.41) is 3.21. The number of carbonyl (C=O) groups excluding carboxylic acids is 1. The molecule has 1 aromatic heterocycles. The Labute approximate surface area is 165 Å². The van der Waals surface area contributed by atoms with Gasteiger partial charge in [-0.3, -0.25) is 9.78 Å². The Morgan fingerprint density at radius 2 is 1.61 bits per heavy atom. The van der Waals surface area contributed by atoms with E-state index in [1.54, 1.807) is 6.20 Å². The summed E-state index contributed by atoms with van der Waals surface area (Å²) >= 11 is 0. The molecule has 2 aromatic carbocycles. The standard InChI is InChI=1S/C25H24N2O/c28-24(12-11-17-6-5-13-26-15-17)27-16-18-14-23-19-7-1-3-9-21(19)25(18)22-10-4-2-8-20(22)23/h1-10,13,15,18,23,25H,11-12,14,16H2,(H,27,28). The van der Waals surface area contributed by atoms with Crippen LogP contribution in [0.5, 0.6) is 0 Å². The molecule has 3 aliphatic carbocycles. The largest absolute Gasteiger partial charge is 0.356 e. The number of pyridine rings is 1. The fraction of sp³-hybridized carbons (Fsp3) is 0.280. The summed E-state index contributed by atoms with van der Waals surface area (Å²) in [6, 6.07) is 21.6. The molecule has 140 valence electrons. The maximum atomic E-state index is 12.4. The van der Waals surface area contributed by atoms with E-state index in [1.807, 2.05) is 18.3 Å². The van der Waals surface area contributed by atoms with Crippen LogP contribution in [0, 0.1) is 5.92 Å². The molecule has 0 aliphatic heterocycles. The first kappa shape index (κ1) is 17.2. The van der Waals surface area contributed by atoms with Crippen LogP contribution in [0.3, 0.4) is 0 Å². The predicted octanol–water partition coefficient (Wildman–Crippen LogP) is 4.43. The van der Waals surface area contributed by atoms with Crippen molar-refractivity contribution in [2.24, 2.45) is 5.92 Å². The van der Waals surface area contributed by atoms with Crippen LogP contribution in [0.1, 0.15) is 52.5 Å². The lowest BCUT2D eigenvalue weighted by Crippen LogP contribution is -2.39. The second-order valence-electron chi connectivity index (χ2n) is 7.95. The SMILES string of the molecule is O=C(CCc1cccnc1)NCC1CC2c3ccccc3C1c1ccccc12.